The number of nitrogens with one attached hydrogen (secondary N) is 1. The minimum Gasteiger partial charge on any atom is -0.326 e. The summed E-state index contributed by atoms with van der Waals surface area (Å²) in [5.41, 5.74) is 6.85. The first-order valence-electron chi connectivity index (χ1n) is 5.66. The van der Waals surface area contributed by atoms with Gasteiger partial charge in [0.25, 0.3) is 10.0 Å². The van der Waals surface area contributed by atoms with Crippen LogP contribution in [0.3, 0.4) is 0 Å². The fraction of sp³-hybridized carbons (Fsp3) is 0.167. The first-order chi connectivity index (χ1) is 9.12. The molecule has 0 saturated heterocycles. The Hall–Kier alpha value is -1.83. The number of nitrogens with two attached hydrogens (primary N) is 1. The summed E-state index contributed by atoms with van der Waals surface area (Å²) in [6, 6.07) is 8.38. The van der Waals surface area contributed by atoms with Crippen molar-refractivity contribution in [2.75, 3.05) is 0 Å². The molecule has 0 aliphatic rings. The molecule has 100 valence electrons. The Morgan fingerprint density at radius 3 is 2.58 bits per heavy atom. The van der Waals surface area contributed by atoms with Crippen LogP contribution in [0.4, 0.5) is 0 Å². The topological polar surface area (TPSA) is 98.0 Å². The molecule has 6 nitrogen and oxygen atoms in total. The second-order valence-corrected chi connectivity index (χ2v) is 5.57. The van der Waals surface area contributed by atoms with Crippen LogP contribution in [0.2, 0.25) is 0 Å². The van der Waals surface area contributed by atoms with Crippen LogP contribution in [0.25, 0.3) is 0 Å². The number of sulfonamides is 1. The van der Waals surface area contributed by atoms with E-state index in [0.29, 0.717) is 12.2 Å². The second kappa shape index (κ2) is 5.87. The maximum atomic E-state index is 12.0. The van der Waals surface area contributed by atoms with Crippen molar-refractivity contribution in [2.24, 2.45) is 5.73 Å². The zero-order valence-electron chi connectivity index (χ0n) is 10.2. The summed E-state index contributed by atoms with van der Waals surface area (Å²) in [5.74, 6) is 0. The van der Waals surface area contributed by atoms with Gasteiger partial charge < -0.3 is 5.73 Å². The molecule has 0 atom stereocenters. The molecule has 2 heterocycles. The molecule has 0 radical (unpaired) electrons. The van der Waals surface area contributed by atoms with E-state index in [0.717, 1.165) is 5.56 Å². The number of hydrogen-bond donors (Lipinski definition) is 2. The third-order valence-electron chi connectivity index (χ3n) is 2.48. The number of pyridine rings is 2. The zero-order valence-corrected chi connectivity index (χ0v) is 11.0. The van der Waals surface area contributed by atoms with Crippen molar-refractivity contribution in [2.45, 2.75) is 18.1 Å². The fourth-order valence-electron chi connectivity index (χ4n) is 1.44. The molecule has 0 bridgehead atoms. The molecule has 2 aromatic rings. The van der Waals surface area contributed by atoms with Gasteiger partial charge in [0.05, 0.1) is 12.2 Å². The third kappa shape index (κ3) is 3.57. The van der Waals surface area contributed by atoms with Gasteiger partial charge >= 0.3 is 0 Å². The average molecular weight is 278 g/mol. The van der Waals surface area contributed by atoms with E-state index in [9.17, 15) is 8.42 Å². The Balaban J connectivity index is 2.09. The Morgan fingerprint density at radius 1 is 1.16 bits per heavy atom. The minimum absolute atomic E-state index is 0.0272. The van der Waals surface area contributed by atoms with Crippen LogP contribution in [-0.2, 0) is 23.1 Å². The standard InChI is InChI=1S/C12H14N4O2S/c13-7-10-4-5-12(15-8-10)19(17,18)16-9-11-3-1-2-6-14-11/h1-6,8,16H,7,9,13H2. The highest BCUT2D eigenvalue weighted by Gasteiger charge is 2.15. The lowest BCUT2D eigenvalue weighted by Gasteiger charge is -2.06. The zero-order chi connectivity index (χ0) is 13.7. The van der Waals surface area contributed by atoms with Crippen LogP contribution >= 0.6 is 0 Å². The Bertz CT molecular complexity index is 627. The van der Waals surface area contributed by atoms with E-state index in [-0.39, 0.29) is 11.6 Å². The van der Waals surface area contributed by atoms with E-state index in [4.69, 9.17) is 5.73 Å². The van der Waals surface area contributed by atoms with Crippen molar-refractivity contribution in [1.29, 1.82) is 0 Å². The van der Waals surface area contributed by atoms with Gasteiger partial charge in [0.1, 0.15) is 0 Å². The fourth-order valence-corrected chi connectivity index (χ4v) is 2.36. The highest BCUT2D eigenvalue weighted by Crippen LogP contribution is 2.07. The van der Waals surface area contributed by atoms with Crippen molar-refractivity contribution in [1.82, 2.24) is 14.7 Å². The first kappa shape index (κ1) is 13.6. The van der Waals surface area contributed by atoms with Crippen molar-refractivity contribution in [3.8, 4) is 0 Å². The molecule has 0 amide bonds. The second-order valence-electron chi connectivity index (χ2n) is 3.85. The van der Waals surface area contributed by atoms with E-state index in [1.54, 1.807) is 30.5 Å². The maximum absolute atomic E-state index is 12.0. The van der Waals surface area contributed by atoms with Gasteiger partial charge in [-0.1, -0.05) is 12.1 Å². The molecule has 2 rings (SSSR count). The quantitative estimate of drug-likeness (QED) is 0.825. The van der Waals surface area contributed by atoms with Gasteiger partial charge in [-0.2, -0.15) is 0 Å². The number of rotatable bonds is 5. The van der Waals surface area contributed by atoms with Gasteiger partial charge in [0.2, 0.25) is 0 Å². The predicted molar refractivity (Wildman–Crippen MR) is 70.4 cm³/mol. The van der Waals surface area contributed by atoms with E-state index in [2.05, 4.69) is 14.7 Å². The maximum Gasteiger partial charge on any atom is 0.258 e. The van der Waals surface area contributed by atoms with Gasteiger partial charge in [-0.3, -0.25) is 4.98 Å². The molecule has 0 spiro atoms. The molecule has 19 heavy (non-hydrogen) atoms. The molecular formula is C12H14N4O2S. The summed E-state index contributed by atoms with van der Waals surface area (Å²) >= 11 is 0. The Morgan fingerprint density at radius 2 is 2.00 bits per heavy atom. The lowest BCUT2D eigenvalue weighted by atomic mass is 10.3. The SMILES string of the molecule is NCc1ccc(S(=O)(=O)NCc2ccccn2)nc1. The summed E-state index contributed by atoms with van der Waals surface area (Å²) < 4.78 is 26.4. The van der Waals surface area contributed by atoms with Crippen molar-refractivity contribution < 1.29 is 8.42 Å². The lowest BCUT2D eigenvalue weighted by Crippen LogP contribution is -2.24. The number of aromatic nitrogens is 2. The van der Waals surface area contributed by atoms with Gasteiger partial charge in [-0.15, -0.1) is 0 Å². The Labute approximate surface area is 111 Å². The minimum atomic E-state index is -3.63. The van der Waals surface area contributed by atoms with Crippen molar-refractivity contribution in [3.05, 3.63) is 54.0 Å². The summed E-state index contributed by atoms with van der Waals surface area (Å²) in [6.45, 7) is 0.457. The van der Waals surface area contributed by atoms with Gasteiger partial charge in [0, 0.05) is 18.9 Å². The summed E-state index contributed by atoms with van der Waals surface area (Å²) in [5, 5.41) is -0.0272. The van der Waals surface area contributed by atoms with Gasteiger partial charge in [-0.05, 0) is 23.8 Å². The molecule has 0 aliphatic carbocycles. The molecule has 2 aromatic heterocycles. The van der Waals surface area contributed by atoms with Crippen molar-refractivity contribution >= 4 is 10.0 Å². The first-order valence-corrected chi connectivity index (χ1v) is 7.15. The van der Waals surface area contributed by atoms with Crippen LogP contribution in [0.1, 0.15) is 11.3 Å². The molecule has 7 heteroatoms. The number of hydrogen-bond acceptors (Lipinski definition) is 5. The van der Waals surface area contributed by atoms with Crippen LogP contribution < -0.4 is 10.5 Å². The third-order valence-corrected chi connectivity index (χ3v) is 3.79. The van der Waals surface area contributed by atoms with E-state index in [1.165, 1.54) is 12.3 Å². The highest BCUT2D eigenvalue weighted by molar-refractivity contribution is 7.89. The van der Waals surface area contributed by atoms with E-state index in [1.807, 2.05) is 0 Å². The van der Waals surface area contributed by atoms with Crippen LogP contribution in [0.5, 0.6) is 0 Å². The molecule has 0 unspecified atom stereocenters. The number of nitrogens with zero attached hydrogens (tertiary/aromatic N) is 2. The molecular weight excluding hydrogens is 264 g/mol. The average Bonchev–Trinajstić information content (AvgIpc) is 2.46. The summed E-state index contributed by atoms with van der Waals surface area (Å²) in [4.78, 5) is 7.92. The summed E-state index contributed by atoms with van der Waals surface area (Å²) in [6.07, 6.45) is 3.06. The smallest absolute Gasteiger partial charge is 0.258 e. The van der Waals surface area contributed by atoms with Crippen LogP contribution in [-0.4, -0.2) is 18.4 Å². The van der Waals surface area contributed by atoms with Crippen LogP contribution in [0, 0.1) is 0 Å². The molecule has 0 fully saturated rings. The van der Waals surface area contributed by atoms with E-state index < -0.39 is 10.0 Å². The molecule has 0 aliphatic heterocycles. The van der Waals surface area contributed by atoms with E-state index >= 15 is 0 Å². The normalized spacial score (nSPS) is 11.4. The summed E-state index contributed by atoms with van der Waals surface area (Å²) in [7, 11) is -3.63. The predicted octanol–water partition coefficient (Wildman–Crippen LogP) is 0.414. The monoisotopic (exact) mass is 278 g/mol. The van der Waals surface area contributed by atoms with Gasteiger partial charge in [-0.25, -0.2) is 18.1 Å². The molecule has 0 saturated carbocycles. The largest absolute Gasteiger partial charge is 0.326 e. The van der Waals surface area contributed by atoms with Crippen molar-refractivity contribution in [3.63, 3.8) is 0 Å². The lowest BCUT2D eigenvalue weighted by molar-refractivity contribution is 0.576. The van der Waals surface area contributed by atoms with Gasteiger partial charge in [0.15, 0.2) is 5.03 Å². The molecule has 3 N–H and O–H groups in total. The van der Waals surface area contributed by atoms with Crippen LogP contribution in [0.15, 0.2) is 47.8 Å². The Kier molecular flexibility index (Phi) is 4.20. The highest BCUT2D eigenvalue weighted by atomic mass is 32.2. The molecule has 0 aromatic carbocycles.